The molecule has 1 heterocycles. The summed E-state index contributed by atoms with van der Waals surface area (Å²) >= 11 is 0. The van der Waals surface area contributed by atoms with Crippen molar-refractivity contribution in [3.63, 3.8) is 0 Å². The van der Waals surface area contributed by atoms with Crippen molar-refractivity contribution in [1.82, 2.24) is 4.73 Å². The number of rotatable bonds is 1. The molecule has 1 aromatic carbocycles. The van der Waals surface area contributed by atoms with Crippen LogP contribution in [-0.4, -0.2) is 16.9 Å². The Hall–Kier alpha value is -1.97. The average molecular weight is 191 g/mol. The summed E-state index contributed by atoms with van der Waals surface area (Å²) < 4.78 is 1.13. The lowest BCUT2D eigenvalue weighted by atomic mass is 10.2. The number of hydrogen-bond acceptors (Lipinski definition) is 3. The van der Waals surface area contributed by atoms with E-state index in [1.165, 1.54) is 7.11 Å². The van der Waals surface area contributed by atoms with E-state index in [2.05, 4.69) is 0 Å². The van der Waals surface area contributed by atoms with Gasteiger partial charge in [0.15, 0.2) is 0 Å². The molecule has 0 saturated heterocycles. The van der Waals surface area contributed by atoms with Crippen LogP contribution in [0.1, 0.15) is 0 Å². The standard InChI is InChI=1S/C10H9NO3/c1-14-11-8-5-3-2-4-7(8)9(12)6-10(11)13/h2-6,12H,1H3. The van der Waals surface area contributed by atoms with E-state index in [0.717, 1.165) is 10.8 Å². The van der Waals surface area contributed by atoms with Gasteiger partial charge in [0, 0.05) is 11.5 Å². The zero-order chi connectivity index (χ0) is 10.1. The van der Waals surface area contributed by atoms with Gasteiger partial charge in [-0.3, -0.25) is 4.79 Å². The van der Waals surface area contributed by atoms with Gasteiger partial charge < -0.3 is 9.94 Å². The number of aromatic nitrogens is 1. The monoisotopic (exact) mass is 191 g/mol. The summed E-state index contributed by atoms with van der Waals surface area (Å²) in [5.74, 6) is -0.0288. The van der Waals surface area contributed by atoms with Crippen molar-refractivity contribution in [2.45, 2.75) is 0 Å². The van der Waals surface area contributed by atoms with Crippen LogP contribution in [0.2, 0.25) is 0 Å². The highest BCUT2D eigenvalue weighted by Crippen LogP contribution is 2.20. The van der Waals surface area contributed by atoms with E-state index in [0.29, 0.717) is 10.9 Å². The van der Waals surface area contributed by atoms with Gasteiger partial charge in [0.25, 0.3) is 5.56 Å². The lowest BCUT2D eigenvalue weighted by Crippen LogP contribution is -2.24. The molecular formula is C10H9NO3. The van der Waals surface area contributed by atoms with Crippen molar-refractivity contribution < 1.29 is 9.94 Å². The Labute approximate surface area is 79.9 Å². The van der Waals surface area contributed by atoms with Crippen LogP contribution in [-0.2, 0) is 0 Å². The van der Waals surface area contributed by atoms with Gasteiger partial charge in [0.1, 0.15) is 12.9 Å². The van der Waals surface area contributed by atoms with Gasteiger partial charge >= 0.3 is 0 Å². The number of pyridine rings is 1. The molecule has 0 spiro atoms. The predicted octanol–water partition coefficient (Wildman–Crippen LogP) is 0.765. The Morgan fingerprint density at radius 2 is 2.07 bits per heavy atom. The van der Waals surface area contributed by atoms with Gasteiger partial charge in [-0.1, -0.05) is 12.1 Å². The molecule has 2 aromatic rings. The first-order valence-corrected chi connectivity index (χ1v) is 4.12. The largest absolute Gasteiger partial charge is 0.507 e. The first kappa shape index (κ1) is 8.62. The zero-order valence-corrected chi connectivity index (χ0v) is 7.60. The third-order valence-electron chi connectivity index (χ3n) is 2.04. The summed E-state index contributed by atoms with van der Waals surface area (Å²) in [7, 11) is 1.41. The maximum Gasteiger partial charge on any atom is 0.287 e. The molecule has 0 aliphatic carbocycles. The summed E-state index contributed by atoms with van der Waals surface area (Å²) in [4.78, 5) is 16.3. The van der Waals surface area contributed by atoms with Crippen LogP contribution in [0, 0.1) is 0 Å². The maximum absolute atomic E-state index is 11.4. The van der Waals surface area contributed by atoms with Crippen LogP contribution < -0.4 is 10.4 Å². The summed E-state index contributed by atoms with van der Waals surface area (Å²) in [5.41, 5.74) is 0.170. The SMILES string of the molecule is COn1c(=O)cc(O)c2ccccc21. The van der Waals surface area contributed by atoms with E-state index in [4.69, 9.17) is 4.84 Å². The second-order valence-corrected chi connectivity index (χ2v) is 2.86. The molecule has 1 N–H and O–H groups in total. The summed E-state index contributed by atoms with van der Waals surface area (Å²) in [5, 5.41) is 10.1. The quantitative estimate of drug-likeness (QED) is 0.724. The van der Waals surface area contributed by atoms with Gasteiger partial charge in [-0.25, -0.2) is 0 Å². The van der Waals surface area contributed by atoms with Crippen molar-refractivity contribution in [3.05, 3.63) is 40.7 Å². The van der Waals surface area contributed by atoms with E-state index in [-0.39, 0.29) is 11.3 Å². The molecule has 4 nitrogen and oxygen atoms in total. The van der Waals surface area contributed by atoms with Crippen molar-refractivity contribution in [1.29, 1.82) is 0 Å². The second-order valence-electron chi connectivity index (χ2n) is 2.86. The highest BCUT2D eigenvalue weighted by Gasteiger charge is 2.06. The van der Waals surface area contributed by atoms with E-state index in [9.17, 15) is 9.90 Å². The average Bonchev–Trinajstić information content (AvgIpc) is 2.18. The normalized spacial score (nSPS) is 10.4. The molecule has 72 valence electrons. The fraction of sp³-hybridized carbons (Fsp3) is 0.100. The molecule has 0 aliphatic rings. The molecule has 4 heteroatoms. The van der Waals surface area contributed by atoms with Crippen molar-refractivity contribution >= 4 is 10.9 Å². The van der Waals surface area contributed by atoms with Gasteiger partial charge in [-0.2, -0.15) is 0 Å². The van der Waals surface area contributed by atoms with Gasteiger partial charge in [-0.15, -0.1) is 4.73 Å². The smallest absolute Gasteiger partial charge is 0.287 e. The van der Waals surface area contributed by atoms with E-state index < -0.39 is 0 Å². The van der Waals surface area contributed by atoms with Crippen LogP contribution in [0.3, 0.4) is 0 Å². The Bertz CT molecular complexity index is 530. The van der Waals surface area contributed by atoms with Gasteiger partial charge in [0.05, 0.1) is 5.52 Å². The molecule has 0 atom stereocenters. The van der Waals surface area contributed by atoms with Gasteiger partial charge in [0.2, 0.25) is 0 Å². The van der Waals surface area contributed by atoms with Crippen LogP contribution >= 0.6 is 0 Å². The topological polar surface area (TPSA) is 51.5 Å². The van der Waals surface area contributed by atoms with E-state index >= 15 is 0 Å². The lowest BCUT2D eigenvalue weighted by molar-refractivity contribution is 0.169. The molecule has 0 amide bonds. The van der Waals surface area contributed by atoms with Crippen LogP contribution in [0.4, 0.5) is 0 Å². The Morgan fingerprint density at radius 3 is 2.79 bits per heavy atom. The number of benzene rings is 1. The predicted molar refractivity (Wildman–Crippen MR) is 52.4 cm³/mol. The summed E-state index contributed by atoms with van der Waals surface area (Å²) in [6, 6.07) is 8.12. The number of para-hydroxylation sites is 1. The minimum absolute atomic E-state index is 0.0288. The fourth-order valence-electron chi connectivity index (χ4n) is 1.43. The minimum Gasteiger partial charge on any atom is -0.507 e. The fourth-order valence-corrected chi connectivity index (χ4v) is 1.43. The summed E-state index contributed by atoms with van der Waals surface area (Å²) in [6.45, 7) is 0. The Kier molecular flexibility index (Phi) is 1.89. The molecule has 14 heavy (non-hydrogen) atoms. The highest BCUT2D eigenvalue weighted by atomic mass is 16.6. The zero-order valence-electron chi connectivity index (χ0n) is 7.60. The first-order chi connectivity index (χ1) is 6.74. The molecular weight excluding hydrogens is 182 g/mol. The number of nitrogens with zero attached hydrogens (tertiary/aromatic N) is 1. The third kappa shape index (κ3) is 1.12. The maximum atomic E-state index is 11.4. The summed E-state index contributed by atoms with van der Waals surface area (Å²) in [6.07, 6.45) is 0. The Morgan fingerprint density at radius 1 is 1.36 bits per heavy atom. The van der Waals surface area contributed by atoms with Crippen LogP contribution in [0.15, 0.2) is 35.1 Å². The number of hydrogen-bond donors (Lipinski definition) is 1. The minimum atomic E-state index is -0.385. The van der Waals surface area contributed by atoms with Crippen molar-refractivity contribution in [2.24, 2.45) is 0 Å². The van der Waals surface area contributed by atoms with Crippen molar-refractivity contribution in [3.8, 4) is 5.75 Å². The van der Waals surface area contributed by atoms with Crippen LogP contribution in [0.5, 0.6) is 5.75 Å². The van der Waals surface area contributed by atoms with Crippen LogP contribution in [0.25, 0.3) is 10.9 Å². The Balaban J connectivity index is 2.98. The molecule has 0 saturated carbocycles. The highest BCUT2D eigenvalue weighted by molar-refractivity contribution is 5.84. The lowest BCUT2D eigenvalue weighted by Gasteiger charge is -2.08. The first-order valence-electron chi connectivity index (χ1n) is 4.12. The second kappa shape index (κ2) is 3.06. The molecule has 0 radical (unpaired) electrons. The van der Waals surface area contributed by atoms with Crippen molar-refractivity contribution in [2.75, 3.05) is 7.11 Å². The number of aromatic hydroxyl groups is 1. The molecule has 1 aromatic heterocycles. The molecule has 0 bridgehead atoms. The molecule has 0 unspecified atom stereocenters. The third-order valence-corrected chi connectivity index (χ3v) is 2.04. The van der Waals surface area contributed by atoms with E-state index in [1.807, 2.05) is 0 Å². The number of fused-ring (bicyclic) bond motifs is 1. The molecule has 0 fully saturated rings. The van der Waals surface area contributed by atoms with E-state index in [1.54, 1.807) is 24.3 Å². The molecule has 2 rings (SSSR count). The van der Waals surface area contributed by atoms with Gasteiger partial charge in [-0.05, 0) is 12.1 Å². The molecule has 0 aliphatic heterocycles.